The molecule has 0 saturated carbocycles. The van der Waals surface area contributed by atoms with Crippen LogP contribution < -0.4 is 4.74 Å². The second-order valence-electron chi connectivity index (χ2n) is 3.15. The first-order valence-electron chi connectivity index (χ1n) is 5.40. The fraction of sp³-hybridized carbons (Fsp3) is 0.500. The maximum Gasteiger partial charge on any atom is 0.119 e. The van der Waals surface area contributed by atoms with Gasteiger partial charge in [-0.1, -0.05) is 0 Å². The molecule has 1 rings (SSSR count). The number of aromatic hydroxyl groups is 1. The molecule has 0 heterocycles. The molecule has 1 N–H and O–H groups in total. The van der Waals surface area contributed by atoms with Gasteiger partial charge < -0.3 is 19.3 Å². The van der Waals surface area contributed by atoms with Gasteiger partial charge in [-0.25, -0.2) is 0 Å². The quantitative estimate of drug-likeness (QED) is 0.687. The molecule has 1 aromatic carbocycles. The second kappa shape index (κ2) is 7.96. The number of rotatable bonds is 8. The van der Waals surface area contributed by atoms with Gasteiger partial charge in [-0.15, -0.1) is 0 Å². The van der Waals surface area contributed by atoms with Gasteiger partial charge in [-0.3, -0.25) is 0 Å². The summed E-state index contributed by atoms with van der Waals surface area (Å²) in [7, 11) is 0. The van der Waals surface area contributed by atoms with E-state index in [4.69, 9.17) is 19.3 Å². The van der Waals surface area contributed by atoms with Crippen molar-refractivity contribution in [1.29, 1.82) is 0 Å². The molecular formula is C12H18O4. The fourth-order valence-corrected chi connectivity index (χ4v) is 1.13. The molecule has 90 valence electrons. The van der Waals surface area contributed by atoms with Gasteiger partial charge in [-0.2, -0.15) is 0 Å². The Kier molecular flexibility index (Phi) is 6.37. The lowest BCUT2D eigenvalue weighted by Gasteiger charge is -2.07. The summed E-state index contributed by atoms with van der Waals surface area (Å²) in [4.78, 5) is 0. The van der Waals surface area contributed by atoms with Crippen LogP contribution in [-0.4, -0.2) is 38.1 Å². The number of phenols is 1. The molecule has 1 aromatic rings. The Bertz CT molecular complexity index is 271. The highest BCUT2D eigenvalue weighted by atomic mass is 16.5. The maximum atomic E-state index is 9.05. The lowest BCUT2D eigenvalue weighted by Crippen LogP contribution is -2.10. The summed E-state index contributed by atoms with van der Waals surface area (Å²) in [5.41, 5.74) is 0. The van der Waals surface area contributed by atoms with Crippen LogP contribution in [-0.2, 0) is 9.47 Å². The number of phenolic OH excluding ortho intramolecular Hbond substituents is 1. The molecule has 0 atom stereocenters. The Labute approximate surface area is 95.8 Å². The van der Waals surface area contributed by atoms with E-state index in [0.717, 1.165) is 5.75 Å². The first-order valence-corrected chi connectivity index (χ1v) is 5.40. The van der Waals surface area contributed by atoms with Crippen LogP contribution in [0.3, 0.4) is 0 Å². The Morgan fingerprint density at radius 2 is 1.56 bits per heavy atom. The summed E-state index contributed by atoms with van der Waals surface area (Å²) in [5.74, 6) is 0.964. The molecule has 0 aliphatic heterocycles. The number of hydrogen-bond acceptors (Lipinski definition) is 4. The van der Waals surface area contributed by atoms with Crippen molar-refractivity contribution in [2.75, 3.05) is 33.0 Å². The molecule has 0 radical (unpaired) electrons. The minimum Gasteiger partial charge on any atom is -0.508 e. The van der Waals surface area contributed by atoms with E-state index in [1.165, 1.54) is 0 Å². The van der Waals surface area contributed by atoms with Crippen molar-refractivity contribution in [3.8, 4) is 11.5 Å². The fourth-order valence-electron chi connectivity index (χ4n) is 1.13. The number of benzene rings is 1. The lowest BCUT2D eigenvalue weighted by atomic mass is 10.3. The van der Waals surface area contributed by atoms with Gasteiger partial charge >= 0.3 is 0 Å². The lowest BCUT2D eigenvalue weighted by molar-refractivity contribution is 0.0405. The van der Waals surface area contributed by atoms with E-state index < -0.39 is 0 Å². The van der Waals surface area contributed by atoms with Crippen LogP contribution in [0.4, 0.5) is 0 Å². The van der Waals surface area contributed by atoms with Gasteiger partial charge in [0.1, 0.15) is 18.1 Å². The molecule has 4 heteroatoms. The van der Waals surface area contributed by atoms with Gasteiger partial charge in [-0.05, 0) is 31.2 Å². The van der Waals surface area contributed by atoms with E-state index in [2.05, 4.69) is 0 Å². The summed E-state index contributed by atoms with van der Waals surface area (Å²) in [6.45, 7) is 4.91. The molecule has 0 saturated heterocycles. The van der Waals surface area contributed by atoms with Crippen LogP contribution in [0.2, 0.25) is 0 Å². The van der Waals surface area contributed by atoms with Crippen LogP contribution in [0.1, 0.15) is 6.92 Å². The molecule has 0 aromatic heterocycles. The average Bonchev–Trinajstić information content (AvgIpc) is 2.30. The molecule has 0 aliphatic carbocycles. The topological polar surface area (TPSA) is 47.9 Å². The summed E-state index contributed by atoms with van der Waals surface area (Å²) in [6.07, 6.45) is 0. The summed E-state index contributed by atoms with van der Waals surface area (Å²) in [5, 5.41) is 9.05. The molecule has 0 spiro atoms. The van der Waals surface area contributed by atoms with Gasteiger partial charge in [0.25, 0.3) is 0 Å². The predicted molar refractivity (Wildman–Crippen MR) is 60.9 cm³/mol. The predicted octanol–water partition coefficient (Wildman–Crippen LogP) is 1.82. The maximum absolute atomic E-state index is 9.05. The molecule has 0 bridgehead atoms. The highest BCUT2D eigenvalue weighted by molar-refractivity contribution is 5.29. The molecule has 0 unspecified atom stereocenters. The highest BCUT2D eigenvalue weighted by Crippen LogP contribution is 2.15. The van der Waals surface area contributed by atoms with Gasteiger partial charge in [0, 0.05) is 6.61 Å². The zero-order valence-electron chi connectivity index (χ0n) is 9.52. The Balaban J connectivity index is 2.01. The van der Waals surface area contributed by atoms with Crippen LogP contribution in [0.5, 0.6) is 11.5 Å². The normalized spacial score (nSPS) is 10.3. The van der Waals surface area contributed by atoms with Crippen molar-refractivity contribution in [2.24, 2.45) is 0 Å². The molecule has 0 amide bonds. The summed E-state index contributed by atoms with van der Waals surface area (Å²) >= 11 is 0. The largest absolute Gasteiger partial charge is 0.508 e. The molecular weight excluding hydrogens is 208 g/mol. The first kappa shape index (κ1) is 12.8. The van der Waals surface area contributed by atoms with E-state index in [9.17, 15) is 0 Å². The zero-order chi connectivity index (χ0) is 11.6. The van der Waals surface area contributed by atoms with E-state index in [1.807, 2.05) is 6.92 Å². The third-order valence-electron chi connectivity index (χ3n) is 1.91. The Hall–Kier alpha value is -1.26. The molecule has 0 aliphatic rings. The van der Waals surface area contributed by atoms with Crippen LogP contribution in [0.15, 0.2) is 24.3 Å². The molecule has 0 fully saturated rings. The number of ether oxygens (including phenoxy) is 3. The van der Waals surface area contributed by atoms with E-state index in [0.29, 0.717) is 33.0 Å². The van der Waals surface area contributed by atoms with Gasteiger partial charge in [0.05, 0.1) is 19.8 Å². The van der Waals surface area contributed by atoms with Crippen molar-refractivity contribution in [1.82, 2.24) is 0 Å². The van der Waals surface area contributed by atoms with Crippen molar-refractivity contribution < 1.29 is 19.3 Å². The summed E-state index contributed by atoms with van der Waals surface area (Å²) in [6, 6.07) is 6.61. The third-order valence-corrected chi connectivity index (χ3v) is 1.91. The van der Waals surface area contributed by atoms with Gasteiger partial charge in [0.2, 0.25) is 0 Å². The van der Waals surface area contributed by atoms with E-state index in [-0.39, 0.29) is 5.75 Å². The van der Waals surface area contributed by atoms with Crippen molar-refractivity contribution >= 4 is 0 Å². The zero-order valence-corrected chi connectivity index (χ0v) is 9.52. The minimum atomic E-state index is 0.236. The molecule has 16 heavy (non-hydrogen) atoms. The standard InChI is InChI=1S/C12H18O4/c1-2-14-7-8-15-9-10-16-12-5-3-11(13)4-6-12/h3-6,13H,2,7-10H2,1H3. The smallest absolute Gasteiger partial charge is 0.119 e. The summed E-state index contributed by atoms with van der Waals surface area (Å²) < 4.78 is 15.8. The monoisotopic (exact) mass is 226 g/mol. The first-order chi connectivity index (χ1) is 7.83. The van der Waals surface area contributed by atoms with Crippen LogP contribution in [0, 0.1) is 0 Å². The average molecular weight is 226 g/mol. The van der Waals surface area contributed by atoms with E-state index >= 15 is 0 Å². The van der Waals surface area contributed by atoms with Crippen LogP contribution >= 0.6 is 0 Å². The van der Waals surface area contributed by atoms with Crippen molar-refractivity contribution in [3.63, 3.8) is 0 Å². The highest BCUT2D eigenvalue weighted by Gasteiger charge is 1.94. The SMILES string of the molecule is CCOCCOCCOc1ccc(O)cc1. The van der Waals surface area contributed by atoms with Crippen molar-refractivity contribution in [3.05, 3.63) is 24.3 Å². The van der Waals surface area contributed by atoms with Crippen LogP contribution in [0.25, 0.3) is 0 Å². The van der Waals surface area contributed by atoms with Crippen molar-refractivity contribution in [2.45, 2.75) is 6.92 Å². The van der Waals surface area contributed by atoms with Gasteiger partial charge in [0.15, 0.2) is 0 Å². The number of hydrogen-bond donors (Lipinski definition) is 1. The second-order valence-corrected chi connectivity index (χ2v) is 3.15. The Morgan fingerprint density at radius 3 is 2.25 bits per heavy atom. The molecule has 4 nitrogen and oxygen atoms in total. The van der Waals surface area contributed by atoms with E-state index in [1.54, 1.807) is 24.3 Å². The minimum absolute atomic E-state index is 0.236. The Morgan fingerprint density at radius 1 is 0.938 bits per heavy atom. The third kappa shape index (κ3) is 5.58.